The number of hydrogen-bond acceptors (Lipinski definition) is 3. The Morgan fingerprint density at radius 3 is 2.66 bits per heavy atom. The van der Waals surface area contributed by atoms with Crippen LogP contribution in [0.1, 0.15) is 67.9 Å². The third-order valence-corrected chi connectivity index (χ3v) is 6.26. The van der Waals surface area contributed by atoms with Crippen LogP contribution in [0.3, 0.4) is 0 Å². The molecule has 2 aromatic rings. The molecule has 0 aliphatic carbocycles. The molecule has 0 spiro atoms. The number of carboxylic acids is 1. The standard InChI is InChI=1S/C26H32ClNO4/c1-18(14-25(30)31)13-24(29)26-21-15-20(27)11-12-22(21)28(2)23(26)10-8-6-4-3-5-7-9-19-16-32-17-19/h11-12,15,18-19H,3-6,8,10,13-14,16-17H2,1-2H3,(H,30,31). The zero-order valence-electron chi connectivity index (χ0n) is 19.0. The molecule has 0 amide bonds. The molecule has 3 rings (SSSR count). The highest BCUT2D eigenvalue weighted by Crippen LogP contribution is 2.31. The van der Waals surface area contributed by atoms with Crippen LogP contribution in [0.25, 0.3) is 10.9 Å². The van der Waals surface area contributed by atoms with Crippen LogP contribution in [-0.4, -0.2) is 34.6 Å². The quantitative estimate of drug-likeness (QED) is 0.268. The molecular formula is C26H32ClNO4. The molecule has 1 aromatic carbocycles. The van der Waals surface area contributed by atoms with E-state index in [4.69, 9.17) is 21.4 Å². The summed E-state index contributed by atoms with van der Waals surface area (Å²) < 4.78 is 7.22. The average molecular weight is 458 g/mol. The van der Waals surface area contributed by atoms with E-state index in [0.717, 1.165) is 68.3 Å². The minimum absolute atomic E-state index is 0.00290. The highest BCUT2D eigenvalue weighted by molar-refractivity contribution is 6.31. The molecule has 1 aromatic heterocycles. The first kappa shape index (κ1) is 24.4. The van der Waals surface area contributed by atoms with Crippen LogP contribution >= 0.6 is 11.6 Å². The summed E-state index contributed by atoms with van der Waals surface area (Å²) in [5.74, 6) is 5.84. The number of halogens is 1. The van der Waals surface area contributed by atoms with Gasteiger partial charge in [0.1, 0.15) is 0 Å². The fraction of sp³-hybridized carbons (Fsp3) is 0.538. The van der Waals surface area contributed by atoms with Crippen molar-refractivity contribution in [2.45, 2.75) is 58.3 Å². The monoisotopic (exact) mass is 457 g/mol. The molecule has 1 N–H and O–H groups in total. The van der Waals surface area contributed by atoms with E-state index in [2.05, 4.69) is 16.4 Å². The fourth-order valence-electron chi connectivity index (χ4n) is 4.26. The maximum atomic E-state index is 13.2. The maximum absolute atomic E-state index is 13.2. The number of hydrogen-bond donors (Lipinski definition) is 1. The average Bonchev–Trinajstić information content (AvgIpc) is 2.95. The molecule has 172 valence electrons. The van der Waals surface area contributed by atoms with Gasteiger partial charge in [0.25, 0.3) is 0 Å². The van der Waals surface area contributed by atoms with Gasteiger partial charge in [-0.15, -0.1) is 5.92 Å². The Morgan fingerprint density at radius 2 is 1.97 bits per heavy atom. The Kier molecular flexibility index (Phi) is 8.78. The van der Waals surface area contributed by atoms with E-state index in [1.54, 1.807) is 0 Å². The van der Waals surface area contributed by atoms with Gasteiger partial charge in [0.05, 0.1) is 19.1 Å². The molecule has 1 atom stereocenters. The molecule has 1 aliphatic rings. The second kappa shape index (κ2) is 11.5. The normalized spacial score (nSPS) is 14.6. The molecule has 1 aliphatic heterocycles. The van der Waals surface area contributed by atoms with Crippen LogP contribution in [0.2, 0.25) is 5.02 Å². The van der Waals surface area contributed by atoms with Gasteiger partial charge in [-0.2, -0.15) is 0 Å². The van der Waals surface area contributed by atoms with Crippen LogP contribution in [0.5, 0.6) is 0 Å². The predicted molar refractivity (Wildman–Crippen MR) is 127 cm³/mol. The predicted octanol–water partition coefficient (Wildman–Crippen LogP) is 5.66. The number of ether oxygens (including phenoxy) is 1. The van der Waals surface area contributed by atoms with Gasteiger partial charge in [0, 0.05) is 53.5 Å². The number of aliphatic carboxylic acids is 1. The van der Waals surface area contributed by atoms with Gasteiger partial charge in [-0.25, -0.2) is 0 Å². The summed E-state index contributed by atoms with van der Waals surface area (Å²) in [5.41, 5.74) is 2.70. The lowest BCUT2D eigenvalue weighted by atomic mass is 9.94. The number of benzene rings is 1. The molecule has 6 heteroatoms. The number of carbonyl (C=O) groups excluding carboxylic acids is 1. The van der Waals surface area contributed by atoms with Crippen molar-refractivity contribution in [1.29, 1.82) is 0 Å². The topological polar surface area (TPSA) is 68.5 Å². The smallest absolute Gasteiger partial charge is 0.303 e. The van der Waals surface area contributed by atoms with Crippen LogP contribution in [0.4, 0.5) is 0 Å². The molecule has 1 saturated heterocycles. The zero-order valence-corrected chi connectivity index (χ0v) is 19.7. The molecule has 5 nitrogen and oxygen atoms in total. The number of carboxylic acid groups (broad SMARTS) is 1. The van der Waals surface area contributed by atoms with Gasteiger partial charge in [-0.1, -0.05) is 37.3 Å². The van der Waals surface area contributed by atoms with E-state index >= 15 is 0 Å². The van der Waals surface area contributed by atoms with Crippen molar-refractivity contribution in [3.8, 4) is 11.8 Å². The van der Waals surface area contributed by atoms with Gasteiger partial charge in [-0.3, -0.25) is 9.59 Å². The molecule has 0 bridgehead atoms. The van der Waals surface area contributed by atoms with Crippen LogP contribution < -0.4 is 0 Å². The van der Waals surface area contributed by atoms with E-state index in [1.165, 1.54) is 0 Å². The zero-order chi connectivity index (χ0) is 23.1. The Balaban J connectivity index is 1.64. The minimum atomic E-state index is -0.878. The molecule has 0 radical (unpaired) electrons. The molecular weight excluding hydrogens is 426 g/mol. The van der Waals surface area contributed by atoms with E-state index in [0.29, 0.717) is 16.5 Å². The lowest BCUT2D eigenvalue weighted by Gasteiger charge is -2.19. The number of fused-ring (bicyclic) bond motifs is 1. The Bertz CT molecular complexity index is 1030. The van der Waals surface area contributed by atoms with E-state index < -0.39 is 5.97 Å². The van der Waals surface area contributed by atoms with Crippen molar-refractivity contribution in [1.82, 2.24) is 4.57 Å². The van der Waals surface area contributed by atoms with E-state index in [1.807, 2.05) is 32.2 Å². The Hall–Kier alpha value is -2.29. The van der Waals surface area contributed by atoms with Gasteiger partial charge >= 0.3 is 5.97 Å². The van der Waals surface area contributed by atoms with Crippen molar-refractivity contribution >= 4 is 34.3 Å². The van der Waals surface area contributed by atoms with Crippen molar-refractivity contribution in [3.63, 3.8) is 0 Å². The fourth-order valence-corrected chi connectivity index (χ4v) is 4.43. The summed E-state index contributed by atoms with van der Waals surface area (Å²) >= 11 is 6.23. The largest absolute Gasteiger partial charge is 0.481 e. The van der Waals surface area contributed by atoms with Crippen molar-refractivity contribution in [3.05, 3.63) is 34.5 Å². The minimum Gasteiger partial charge on any atom is -0.481 e. The van der Waals surface area contributed by atoms with Crippen molar-refractivity contribution < 1.29 is 19.4 Å². The first-order valence-electron chi connectivity index (χ1n) is 11.4. The Morgan fingerprint density at radius 1 is 1.22 bits per heavy atom. The summed E-state index contributed by atoms with van der Waals surface area (Å²) in [6.07, 6.45) is 6.22. The number of aromatic nitrogens is 1. The highest BCUT2D eigenvalue weighted by atomic mass is 35.5. The summed E-state index contributed by atoms with van der Waals surface area (Å²) in [7, 11) is 1.99. The van der Waals surface area contributed by atoms with E-state index in [-0.39, 0.29) is 24.5 Å². The molecule has 32 heavy (non-hydrogen) atoms. The lowest BCUT2D eigenvalue weighted by molar-refractivity contribution is -0.137. The molecule has 1 fully saturated rings. The van der Waals surface area contributed by atoms with Gasteiger partial charge < -0.3 is 14.4 Å². The van der Waals surface area contributed by atoms with Crippen molar-refractivity contribution in [2.75, 3.05) is 13.2 Å². The van der Waals surface area contributed by atoms with Crippen LogP contribution in [0.15, 0.2) is 18.2 Å². The SMILES string of the molecule is CC(CC(=O)O)CC(=O)c1c(CCCCCCC#CC2COC2)n(C)c2ccc(Cl)cc12. The molecule has 1 unspecified atom stereocenters. The third kappa shape index (κ3) is 6.37. The number of Topliss-reactive ketones (excluding diaryl/α,β-unsaturated/α-hetero) is 1. The third-order valence-electron chi connectivity index (χ3n) is 6.03. The van der Waals surface area contributed by atoms with Gasteiger partial charge in [0.2, 0.25) is 0 Å². The summed E-state index contributed by atoms with van der Waals surface area (Å²) in [6.45, 7) is 3.36. The Labute approximate surface area is 195 Å². The van der Waals surface area contributed by atoms with Crippen molar-refractivity contribution in [2.24, 2.45) is 18.9 Å². The summed E-state index contributed by atoms with van der Waals surface area (Å²) in [6, 6.07) is 5.64. The molecule has 0 saturated carbocycles. The van der Waals surface area contributed by atoms with Crippen LogP contribution in [-0.2, 0) is 23.0 Å². The second-order valence-electron chi connectivity index (χ2n) is 8.84. The summed E-state index contributed by atoms with van der Waals surface area (Å²) in [4.78, 5) is 24.2. The molecule has 2 heterocycles. The highest BCUT2D eigenvalue weighted by Gasteiger charge is 2.23. The number of rotatable bonds is 11. The van der Waals surface area contributed by atoms with E-state index in [9.17, 15) is 9.59 Å². The number of nitrogens with zero attached hydrogens (tertiary/aromatic N) is 1. The maximum Gasteiger partial charge on any atom is 0.303 e. The second-order valence-corrected chi connectivity index (χ2v) is 9.28. The summed E-state index contributed by atoms with van der Waals surface area (Å²) in [5, 5.41) is 10.5. The number of aryl methyl sites for hydroxylation is 1. The first-order chi connectivity index (χ1) is 15.4. The number of carbonyl (C=O) groups is 2. The number of ketones is 1. The number of unbranched alkanes of at least 4 members (excludes halogenated alkanes) is 4. The first-order valence-corrected chi connectivity index (χ1v) is 11.8. The van der Waals surface area contributed by atoms with Crippen LogP contribution in [0, 0.1) is 23.7 Å². The van der Waals surface area contributed by atoms with Gasteiger partial charge in [0.15, 0.2) is 5.78 Å². The lowest BCUT2D eigenvalue weighted by Crippen LogP contribution is -2.25. The van der Waals surface area contributed by atoms with Gasteiger partial charge in [-0.05, 0) is 43.4 Å².